The normalized spacial score (nSPS) is 17.8. The number of aliphatic hydroxyl groups excluding tert-OH is 1. The van der Waals surface area contributed by atoms with Crippen LogP contribution in [0, 0.1) is 23.7 Å². The highest BCUT2D eigenvalue weighted by Crippen LogP contribution is 2.30. The van der Waals surface area contributed by atoms with Crippen molar-refractivity contribution in [2.45, 2.75) is 168 Å². The minimum Gasteiger partial charge on any atom is -0.462 e. The molecule has 2 rings (SSSR count). The highest BCUT2D eigenvalue weighted by molar-refractivity contribution is 5.90. The van der Waals surface area contributed by atoms with Crippen LogP contribution in [0.1, 0.15) is 112 Å². The number of hydrogen-bond acceptors (Lipinski definition) is 15. The molecule has 1 fully saturated rings. The van der Waals surface area contributed by atoms with E-state index in [-0.39, 0.29) is 99.9 Å². The number of carbonyl (C=O) groups excluding carboxylic acids is 7. The van der Waals surface area contributed by atoms with Crippen LogP contribution in [0.25, 0.3) is 0 Å². The first-order valence-corrected chi connectivity index (χ1v) is 26.4. The maximum Gasteiger partial charge on any atom is 0.329 e. The number of esters is 2. The lowest BCUT2D eigenvalue weighted by atomic mass is 9.89. The molecule has 1 saturated heterocycles. The zero-order chi connectivity index (χ0) is 55.7. The van der Waals surface area contributed by atoms with Crippen LogP contribution in [0.15, 0.2) is 30.3 Å². The van der Waals surface area contributed by atoms with Crippen molar-refractivity contribution in [3.05, 3.63) is 35.9 Å². The number of nitrogens with zero attached hydrogens (tertiary/aromatic N) is 3. The van der Waals surface area contributed by atoms with E-state index in [0.29, 0.717) is 32.2 Å². The summed E-state index contributed by atoms with van der Waals surface area (Å²) < 4.78 is 33.5. The van der Waals surface area contributed by atoms with Gasteiger partial charge in [0.1, 0.15) is 25.3 Å². The average molecular weight is 1050 g/mol. The molecule has 2 unspecified atom stereocenters. The maximum absolute atomic E-state index is 14.5. The Labute approximate surface area is 440 Å². The Morgan fingerprint density at radius 3 is 2.05 bits per heavy atom. The number of likely N-dealkylation sites (tertiary alicyclic amines) is 1. The van der Waals surface area contributed by atoms with Crippen molar-refractivity contribution in [3.63, 3.8) is 0 Å². The number of rotatable bonds is 35. The lowest BCUT2D eigenvalue weighted by Crippen LogP contribution is -2.59. The fraction of sp³-hybridized carbons (Fsp3) is 0.759. The van der Waals surface area contributed by atoms with E-state index < -0.39 is 78.6 Å². The molecule has 0 aliphatic carbocycles. The minimum atomic E-state index is -1.10. The number of amides is 5. The fourth-order valence-electron chi connectivity index (χ4n) is 9.56. The number of methoxy groups -OCH3 is 3. The molecule has 5 amide bonds. The van der Waals surface area contributed by atoms with E-state index in [0.717, 1.165) is 5.56 Å². The van der Waals surface area contributed by atoms with Gasteiger partial charge in [-0.1, -0.05) is 92.1 Å². The Hall–Kier alpha value is -4.73. The van der Waals surface area contributed by atoms with Crippen LogP contribution in [0.5, 0.6) is 0 Å². The van der Waals surface area contributed by atoms with Gasteiger partial charge in [0.05, 0.1) is 61.9 Å². The van der Waals surface area contributed by atoms with Crippen LogP contribution in [0.3, 0.4) is 0 Å². The van der Waals surface area contributed by atoms with Crippen LogP contribution >= 0.6 is 0 Å². The molecule has 11 atom stereocenters. The lowest BCUT2D eigenvalue weighted by molar-refractivity contribution is -0.194. The molecule has 0 bridgehead atoms. The van der Waals surface area contributed by atoms with Crippen molar-refractivity contribution in [2.24, 2.45) is 23.7 Å². The smallest absolute Gasteiger partial charge is 0.329 e. The zero-order valence-corrected chi connectivity index (χ0v) is 46.9. The van der Waals surface area contributed by atoms with Crippen molar-refractivity contribution >= 4 is 41.5 Å². The molecule has 1 aliphatic heterocycles. The summed E-state index contributed by atoms with van der Waals surface area (Å²) in [5, 5.41) is 17.9. The third-order valence-electron chi connectivity index (χ3n) is 13.9. The van der Waals surface area contributed by atoms with Gasteiger partial charge in [-0.25, -0.2) is 4.79 Å². The zero-order valence-electron chi connectivity index (χ0n) is 46.9. The second-order valence-electron chi connectivity index (χ2n) is 20.3. The molecular formula is C54H92N6O14. The number of aliphatic hydroxyl groups is 1. The van der Waals surface area contributed by atoms with Gasteiger partial charge in [0, 0.05) is 54.2 Å². The van der Waals surface area contributed by atoms with Gasteiger partial charge in [0.25, 0.3) is 0 Å². The summed E-state index contributed by atoms with van der Waals surface area (Å²) in [6.45, 7) is 15.1. The second kappa shape index (κ2) is 34.0. The van der Waals surface area contributed by atoms with E-state index in [2.05, 4.69) is 16.0 Å². The van der Waals surface area contributed by atoms with E-state index >= 15 is 0 Å². The highest BCUT2D eigenvalue weighted by atomic mass is 16.7. The van der Waals surface area contributed by atoms with E-state index in [1.807, 2.05) is 97.8 Å². The molecule has 1 heterocycles. The van der Waals surface area contributed by atoms with Gasteiger partial charge in [-0.05, 0) is 63.1 Å². The summed E-state index contributed by atoms with van der Waals surface area (Å²) in [5.74, 6) is -3.93. The molecule has 1 aliphatic rings. The standard InChI is InChI=1S/C54H92N6O14/c1-15-36(7)49(59(11)53(67)47(34(3)4)57-52(66)48(35(5)6)58(9)10)42(69-12)31-44(63)60-28-21-24-41(60)50(71-14)37(8)51(65)56-40(30-38-22-18-17-19-23-38)54(68)72-29-27-55-43(62)25-20-26-45(64)73-33-46(70-13)74-39(16-2)32-61/h17-19,22-23,34-37,39-42,46-50,61H,15-16,20-21,24-33H2,1-14H3,(H,55,62)(H,56,65)(H,57,66)/t36-,37+,39?,40-,41-,42+,46?,47-,48-,49-,50+/m0/s1. The highest BCUT2D eigenvalue weighted by Gasteiger charge is 2.43. The molecular weight excluding hydrogens is 957 g/mol. The second-order valence-corrected chi connectivity index (χ2v) is 20.3. The first-order chi connectivity index (χ1) is 35.1. The lowest BCUT2D eigenvalue weighted by Gasteiger charge is -2.41. The Bertz CT molecular complexity index is 1860. The van der Waals surface area contributed by atoms with Crippen LogP contribution in [0.4, 0.5) is 0 Å². The summed E-state index contributed by atoms with van der Waals surface area (Å²) in [7, 11) is 9.80. The van der Waals surface area contributed by atoms with Crippen molar-refractivity contribution in [2.75, 3.05) is 75.4 Å². The van der Waals surface area contributed by atoms with Gasteiger partial charge in [-0.3, -0.25) is 33.7 Å². The predicted octanol–water partition coefficient (Wildman–Crippen LogP) is 3.49. The molecule has 1 aromatic rings. The van der Waals surface area contributed by atoms with Crippen molar-refractivity contribution < 1.29 is 67.1 Å². The average Bonchev–Trinajstić information content (AvgIpc) is 3.86. The first kappa shape index (κ1) is 65.4. The fourth-order valence-corrected chi connectivity index (χ4v) is 9.56. The van der Waals surface area contributed by atoms with Gasteiger partial charge < -0.3 is 59.3 Å². The van der Waals surface area contributed by atoms with Crippen LogP contribution in [-0.4, -0.2) is 191 Å². The van der Waals surface area contributed by atoms with E-state index in [9.17, 15) is 38.7 Å². The number of nitrogens with one attached hydrogen (secondary N) is 3. The number of likely N-dealkylation sites (N-methyl/N-ethyl adjacent to an activating group) is 2. The van der Waals surface area contributed by atoms with Crippen LogP contribution < -0.4 is 16.0 Å². The summed E-state index contributed by atoms with van der Waals surface area (Å²) in [5.41, 5.74) is 0.773. The molecule has 20 nitrogen and oxygen atoms in total. The molecule has 422 valence electrons. The maximum atomic E-state index is 14.5. The minimum absolute atomic E-state index is 0.00773. The van der Waals surface area contributed by atoms with Crippen LogP contribution in [0.2, 0.25) is 0 Å². The Morgan fingerprint density at radius 2 is 1.50 bits per heavy atom. The molecule has 4 N–H and O–H groups in total. The Balaban J connectivity index is 2.13. The monoisotopic (exact) mass is 1050 g/mol. The molecule has 1 aromatic carbocycles. The SMILES string of the molecule is CCC(CO)OC(COC(=O)CCCC(=O)NCCOC(=O)[C@H](Cc1ccccc1)NC(=O)[C@H](C)[C@@H](OC)[C@@H]1CCCN1C(=O)C[C@@H](OC)[C@H]([C@@H](C)CC)N(C)C(=O)[C@@H](NC(=O)[C@H](C(C)C)N(C)C)C(C)C)OC. The van der Waals surface area contributed by atoms with Gasteiger partial charge >= 0.3 is 11.9 Å². The molecule has 0 saturated carbocycles. The van der Waals surface area contributed by atoms with Gasteiger partial charge in [-0.15, -0.1) is 0 Å². The third-order valence-corrected chi connectivity index (χ3v) is 13.9. The Kier molecular flexibility index (Phi) is 30.1. The molecule has 0 spiro atoms. The molecule has 20 heteroatoms. The van der Waals surface area contributed by atoms with Gasteiger partial charge in [0.15, 0.2) is 6.29 Å². The van der Waals surface area contributed by atoms with Crippen molar-refractivity contribution in [1.82, 2.24) is 30.7 Å². The van der Waals surface area contributed by atoms with Crippen LogP contribution in [-0.2, 0) is 68.4 Å². The molecule has 0 aromatic heterocycles. The molecule has 74 heavy (non-hydrogen) atoms. The van der Waals surface area contributed by atoms with Crippen molar-refractivity contribution in [3.8, 4) is 0 Å². The number of hydrogen-bond donors (Lipinski definition) is 4. The Morgan fingerprint density at radius 1 is 0.824 bits per heavy atom. The summed E-state index contributed by atoms with van der Waals surface area (Å²) in [4.78, 5) is 100. The number of carbonyl (C=O) groups is 7. The first-order valence-electron chi connectivity index (χ1n) is 26.4. The quantitative estimate of drug-likeness (QED) is 0.0432. The third kappa shape index (κ3) is 20.8. The van der Waals surface area contributed by atoms with E-state index in [1.165, 1.54) is 21.3 Å². The van der Waals surface area contributed by atoms with Gasteiger partial charge in [-0.2, -0.15) is 0 Å². The largest absolute Gasteiger partial charge is 0.462 e. The molecule has 0 radical (unpaired) electrons. The summed E-state index contributed by atoms with van der Waals surface area (Å²) in [6.07, 6.45) is -0.000342. The number of ether oxygens (including phenoxy) is 6. The summed E-state index contributed by atoms with van der Waals surface area (Å²) in [6, 6.07) is 5.79. The summed E-state index contributed by atoms with van der Waals surface area (Å²) >= 11 is 0. The van der Waals surface area contributed by atoms with Crippen molar-refractivity contribution in [1.29, 1.82) is 0 Å². The van der Waals surface area contributed by atoms with E-state index in [1.54, 1.807) is 23.8 Å². The topological polar surface area (TPSA) is 241 Å². The predicted molar refractivity (Wildman–Crippen MR) is 279 cm³/mol. The number of benzene rings is 1. The van der Waals surface area contributed by atoms with Gasteiger partial charge in [0.2, 0.25) is 29.5 Å². The van der Waals surface area contributed by atoms with E-state index in [4.69, 9.17) is 28.4 Å².